The molecular weight excluding hydrogens is 304 g/mol. The van der Waals surface area contributed by atoms with Gasteiger partial charge in [0.25, 0.3) is 5.91 Å². The van der Waals surface area contributed by atoms with E-state index in [0.29, 0.717) is 18.0 Å². The summed E-state index contributed by atoms with van der Waals surface area (Å²) in [6.07, 6.45) is 0. The van der Waals surface area contributed by atoms with Crippen molar-refractivity contribution < 1.29 is 9.59 Å². The topological polar surface area (TPSA) is 40.6 Å². The highest BCUT2D eigenvalue weighted by Crippen LogP contribution is 2.28. The number of likely N-dealkylation sites (N-methyl/N-ethyl adjacent to an activating group) is 1. The van der Waals surface area contributed by atoms with E-state index >= 15 is 0 Å². The number of hydrogen-bond acceptors (Lipinski definition) is 3. The molecule has 0 unspecified atom stereocenters. The highest BCUT2D eigenvalue weighted by molar-refractivity contribution is 9.11. The maximum Gasteiger partial charge on any atom is 0.264 e. The van der Waals surface area contributed by atoms with E-state index < -0.39 is 0 Å². The molecule has 1 aliphatic rings. The molecule has 0 aromatic carbocycles. The number of nitrogens with zero attached hydrogens (tertiary/aromatic N) is 2. The standard InChI is InChI=1S/C11H13BrN2O2S/c1-7-5-8(17-10(7)12)11(16)14-4-3-13(2)9(15)6-14/h5H,3-4,6H2,1-2H3. The summed E-state index contributed by atoms with van der Waals surface area (Å²) in [5.41, 5.74) is 1.05. The summed E-state index contributed by atoms with van der Waals surface area (Å²) in [5, 5.41) is 0. The van der Waals surface area contributed by atoms with Crippen molar-refractivity contribution in [2.75, 3.05) is 26.7 Å². The molecule has 1 saturated heterocycles. The van der Waals surface area contributed by atoms with Crippen LogP contribution in [0.15, 0.2) is 9.85 Å². The van der Waals surface area contributed by atoms with Crippen molar-refractivity contribution in [3.05, 3.63) is 20.3 Å². The molecule has 92 valence electrons. The molecule has 1 aromatic heterocycles. The van der Waals surface area contributed by atoms with Crippen molar-refractivity contribution in [1.82, 2.24) is 9.80 Å². The van der Waals surface area contributed by atoms with Crippen molar-refractivity contribution >= 4 is 39.1 Å². The molecule has 6 heteroatoms. The third-order valence-corrected chi connectivity index (χ3v) is 4.94. The molecule has 1 fully saturated rings. The number of carbonyl (C=O) groups is 2. The van der Waals surface area contributed by atoms with Crippen LogP contribution in [0.3, 0.4) is 0 Å². The van der Waals surface area contributed by atoms with E-state index in [1.807, 2.05) is 13.0 Å². The van der Waals surface area contributed by atoms with Gasteiger partial charge in [0.15, 0.2) is 0 Å². The fourth-order valence-electron chi connectivity index (χ4n) is 1.65. The van der Waals surface area contributed by atoms with Gasteiger partial charge in [0.1, 0.15) is 6.54 Å². The summed E-state index contributed by atoms with van der Waals surface area (Å²) in [4.78, 5) is 27.7. The van der Waals surface area contributed by atoms with Crippen LogP contribution in [0.1, 0.15) is 15.2 Å². The molecule has 4 nitrogen and oxygen atoms in total. The van der Waals surface area contributed by atoms with Gasteiger partial charge in [0, 0.05) is 20.1 Å². The molecule has 17 heavy (non-hydrogen) atoms. The van der Waals surface area contributed by atoms with Gasteiger partial charge in [-0.05, 0) is 34.5 Å². The Kier molecular flexibility index (Phi) is 3.53. The molecular formula is C11H13BrN2O2S. The first-order valence-corrected chi connectivity index (χ1v) is 6.89. The summed E-state index contributed by atoms with van der Waals surface area (Å²) in [6, 6.07) is 1.86. The second-order valence-electron chi connectivity index (χ2n) is 4.11. The van der Waals surface area contributed by atoms with E-state index in [1.165, 1.54) is 11.3 Å². The van der Waals surface area contributed by atoms with Gasteiger partial charge >= 0.3 is 0 Å². The maximum atomic E-state index is 12.2. The summed E-state index contributed by atoms with van der Waals surface area (Å²) in [6.45, 7) is 3.35. The van der Waals surface area contributed by atoms with Crippen LogP contribution < -0.4 is 0 Å². The smallest absolute Gasteiger partial charge is 0.264 e. The van der Waals surface area contributed by atoms with Crippen molar-refractivity contribution in [3.63, 3.8) is 0 Å². The van der Waals surface area contributed by atoms with Crippen LogP contribution in [0, 0.1) is 6.92 Å². The summed E-state index contributed by atoms with van der Waals surface area (Å²) >= 11 is 4.82. The molecule has 2 heterocycles. The van der Waals surface area contributed by atoms with E-state index in [1.54, 1.807) is 16.8 Å². The number of hydrogen-bond donors (Lipinski definition) is 0. The number of piperazine rings is 1. The van der Waals surface area contributed by atoms with Gasteiger partial charge in [-0.2, -0.15) is 0 Å². The highest BCUT2D eigenvalue weighted by Gasteiger charge is 2.26. The SMILES string of the molecule is Cc1cc(C(=O)N2CCN(C)C(=O)C2)sc1Br. The van der Waals surface area contributed by atoms with Crippen LogP contribution in [-0.4, -0.2) is 48.3 Å². The normalized spacial score (nSPS) is 16.5. The number of carbonyl (C=O) groups excluding carboxylic acids is 2. The average Bonchev–Trinajstić information content (AvgIpc) is 2.62. The van der Waals surface area contributed by atoms with Gasteiger partial charge in [-0.15, -0.1) is 11.3 Å². The predicted octanol–water partition coefficient (Wildman–Crippen LogP) is 1.73. The first-order valence-electron chi connectivity index (χ1n) is 5.28. The van der Waals surface area contributed by atoms with Crippen molar-refractivity contribution in [1.29, 1.82) is 0 Å². The van der Waals surface area contributed by atoms with E-state index in [2.05, 4.69) is 15.9 Å². The molecule has 1 aromatic rings. The molecule has 0 bridgehead atoms. The molecule has 2 rings (SSSR count). The fourth-order valence-corrected chi connectivity index (χ4v) is 3.16. The Labute approximate surface area is 112 Å². The Morgan fingerprint density at radius 2 is 2.18 bits per heavy atom. The lowest BCUT2D eigenvalue weighted by Gasteiger charge is -2.31. The summed E-state index contributed by atoms with van der Waals surface area (Å²) in [5.74, 6) is -0.0535. The first kappa shape index (κ1) is 12.6. The van der Waals surface area contributed by atoms with E-state index in [9.17, 15) is 9.59 Å². The number of aryl methyl sites for hydroxylation is 1. The zero-order valence-corrected chi connectivity index (χ0v) is 12.1. The van der Waals surface area contributed by atoms with Crippen LogP contribution in [0.5, 0.6) is 0 Å². The summed E-state index contributed by atoms with van der Waals surface area (Å²) < 4.78 is 0.973. The van der Waals surface area contributed by atoms with Crippen molar-refractivity contribution in [2.45, 2.75) is 6.92 Å². The third-order valence-electron chi connectivity index (χ3n) is 2.81. The minimum Gasteiger partial charge on any atom is -0.342 e. The van der Waals surface area contributed by atoms with Crippen LogP contribution in [0.25, 0.3) is 0 Å². The van der Waals surface area contributed by atoms with Crippen LogP contribution in [0.2, 0.25) is 0 Å². The minimum atomic E-state index is -0.0507. The molecule has 0 atom stereocenters. The molecule has 1 aliphatic heterocycles. The lowest BCUT2D eigenvalue weighted by molar-refractivity contribution is -0.133. The highest BCUT2D eigenvalue weighted by atomic mass is 79.9. The zero-order valence-electron chi connectivity index (χ0n) is 9.70. The number of halogens is 1. The van der Waals surface area contributed by atoms with E-state index in [4.69, 9.17) is 0 Å². The number of amides is 2. The van der Waals surface area contributed by atoms with E-state index in [0.717, 1.165) is 9.35 Å². The van der Waals surface area contributed by atoms with Crippen LogP contribution >= 0.6 is 27.3 Å². The molecule has 0 aliphatic carbocycles. The molecule has 2 amide bonds. The van der Waals surface area contributed by atoms with Gasteiger partial charge in [0.05, 0.1) is 8.66 Å². The van der Waals surface area contributed by atoms with Gasteiger partial charge in [-0.3, -0.25) is 9.59 Å². The van der Waals surface area contributed by atoms with Gasteiger partial charge < -0.3 is 9.80 Å². The van der Waals surface area contributed by atoms with Crippen LogP contribution in [-0.2, 0) is 4.79 Å². The largest absolute Gasteiger partial charge is 0.342 e. The van der Waals surface area contributed by atoms with Gasteiger partial charge in [-0.25, -0.2) is 0 Å². The number of thiophene rings is 1. The van der Waals surface area contributed by atoms with Crippen LogP contribution in [0.4, 0.5) is 0 Å². The Hall–Kier alpha value is -0.880. The predicted molar refractivity (Wildman–Crippen MR) is 70.3 cm³/mol. The Morgan fingerprint density at radius 3 is 2.71 bits per heavy atom. The number of rotatable bonds is 1. The zero-order chi connectivity index (χ0) is 12.6. The lowest BCUT2D eigenvalue weighted by atomic mass is 10.2. The Balaban J connectivity index is 2.13. The fraction of sp³-hybridized carbons (Fsp3) is 0.455. The first-order chi connectivity index (χ1) is 7.99. The monoisotopic (exact) mass is 316 g/mol. The second-order valence-corrected chi connectivity index (χ2v) is 6.48. The van der Waals surface area contributed by atoms with E-state index in [-0.39, 0.29) is 18.4 Å². The summed E-state index contributed by atoms with van der Waals surface area (Å²) in [7, 11) is 1.76. The quantitative estimate of drug-likeness (QED) is 0.791. The van der Waals surface area contributed by atoms with Gasteiger partial charge in [0.2, 0.25) is 5.91 Å². The molecule has 0 spiro atoms. The Bertz CT molecular complexity index is 453. The molecule has 0 radical (unpaired) electrons. The van der Waals surface area contributed by atoms with Crippen molar-refractivity contribution in [2.24, 2.45) is 0 Å². The van der Waals surface area contributed by atoms with Crippen molar-refractivity contribution in [3.8, 4) is 0 Å². The molecule has 0 saturated carbocycles. The second kappa shape index (κ2) is 4.78. The lowest BCUT2D eigenvalue weighted by Crippen LogP contribution is -2.50. The molecule has 0 N–H and O–H groups in total. The maximum absolute atomic E-state index is 12.2. The Morgan fingerprint density at radius 1 is 1.47 bits per heavy atom. The third kappa shape index (κ3) is 2.52. The minimum absolute atomic E-state index is 0.00283. The van der Waals surface area contributed by atoms with Gasteiger partial charge in [-0.1, -0.05) is 0 Å². The average molecular weight is 317 g/mol.